The average Bonchev–Trinajstić information content (AvgIpc) is 0.787. The Morgan fingerprint density at radius 2 is 0.737 bits per heavy atom. The molecule has 3 fully saturated rings. The van der Waals surface area contributed by atoms with Crippen LogP contribution in [-0.2, 0) is 33.2 Å². The molecule has 95 heavy (non-hydrogen) atoms. The van der Waals surface area contributed by atoms with Crippen molar-refractivity contribution in [3.63, 3.8) is 0 Å². The Bertz CT molecular complexity index is 2100. The maximum absolute atomic E-state index is 13.4. The summed E-state index contributed by atoms with van der Waals surface area (Å²) in [5.41, 5.74) is 0. The molecule has 3 rings (SSSR count). The summed E-state index contributed by atoms with van der Waals surface area (Å²) in [6.45, 7) is 1.59. The number of carbonyl (C=O) groups is 1. The molecule has 0 aromatic carbocycles. The first-order valence-corrected chi connectivity index (χ1v) is 37.0. The van der Waals surface area contributed by atoms with Crippen molar-refractivity contribution >= 4 is 5.91 Å². The predicted molar refractivity (Wildman–Crippen MR) is 374 cm³/mol. The molecular weight excluding hydrogens is 1210 g/mol. The summed E-state index contributed by atoms with van der Waals surface area (Å²) in [6, 6.07) is -1.01. The van der Waals surface area contributed by atoms with Gasteiger partial charge in [-0.1, -0.05) is 246 Å². The van der Waals surface area contributed by atoms with Crippen molar-refractivity contribution in [2.45, 2.75) is 349 Å². The fourth-order valence-corrected chi connectivity index (χ4v) is 11.9. The third-order valence-electron chi connectivity index (χ3n) is 17.8. The second-order valence-corrected chi connectivity index (χ2v) is 26.0. The molecule has 19 nitrogen and oxygen atoms in total. The molecule has 0 saturated carbocycles. The average molecular weight is 1350 g/mol. The molecule has 17 unspecified atom stereocenters. The molecule has 17 atom stereocenters. The number of hydrogen-bond acceptors (Lipinski definition) is 18. The molecule has 0 bridgehead atoms. The van der Waals surface area contributed by atoms with E-state index in [0.29, 0.717) is 12.8 Å². The summed E-state index contributed by atoms with van der Waals surface area (Å²) >= 11 is 0. The summed E-state index contributed by atoms with van der Waals surface area (Å²) < 4.78 is 34.4. The number of allylic oxidation sites excluding steroid dienone is 15. The number of nitrogens with one attached hydrogen (secondary N) is 1. The normalized spacial score (nSPS) is 27.8. The van der Waals surface area contributed by atoms with Gasteiger partial charge in [0.2, 0.25) is 5.91 Å². The van der Waals surface area contributed by atoms with Gasteiger partial charge in [0.1, 0.15) is 73.2 Å². The molecule has 0 aliphatic carbocycles. The maximum atomic E-state index is 13.4. The second kappa shape index (κ2) is 56.5. The fourth-order valence-electron chi connectivity index (χ4n) is 11.9. The van der Waals surface area contributed by atoms with E-state index < -0.39 is 124 Å². The van der Waals surface area contributed by atoms with Gasteiger partial charge in [-0.15, -0.1) is 0 Å². The van der Waals surface area contributed by atoms with Crippen LogP contribution >= 0.6 is 0 Å². The van der Waals surface area contributed by atoms with E-state index in [1.807, 2.05) is 6.08 Å². The van der Waals surface area contributed by atoms with Crippen molar-refractivity contribution in [1.82, 2.24) is 5.32 Å². The van der Waals surface area contributed by atoms with Crippen LogP contribution in [0.5, 0.6) is 0 Å². The van der Waals surface area contributed by atoms with Crippen LogP contribution in [-0.4, -0.2) is 193 Å². The van der Waals surface area contributed by atoms with Gasteiger partial charge in [0.15, 0.2) is 18.9 Å². The molecule has 548 valence electrons. The molecule has 3 saturated heterocycles. The van der Waals surface area contributed by atoms with Gasteiger partial charge in [-0.25, -0.2) is 0 Å². The number of aliphatic hydroxyl groups excluding tert-OH is 11. The number of rotatable bonds is 56. The largest absolute Gasteiger partial charge is 0.394 e. The second-order valence-electron chi connectivity index (χ2n) is 26.0. The lowest BCUT2D eigenvalue weighted by Gasteiger charge is -2.48. The van der Waals surface area contributed by atoms with Crippen LogP contribution in [0.15, 0.2) is 97.2 Å². The highest BCUT2D eigenvalue weighted by Crippen LogP contribution is 2.33. The van der Waals surface area contributed by atoms with E-state index in [0.717, 1.165) is 103 Å². The molecule has 12 N–H and O–H groups in total. The Hall–Kier alpha value is -3.29. The van der Waals surface area contributed by atoms with E-state index in [-0.39, 0.29) is 18.9 Å². The van der Waals surface area contributed by atoms with Crippen molar-refractivity contribution in [1.29, 1.82) is 0 Å². The van der Waals surface area contributed by atoms with E-state index >= 15 is 0 Å². The zero-order chi connectivity index (χ0) is 68.9. The summed E-state index contributed by atoms with van der Waals surface area (Å²) in [5, 5.41) is 121. The van der Waals surface area contributed by atoms with Crippen LogP contribution in [0.4, 0.5) is 0 Å². The van der Waals surface area contributed by atoms with Gasteiger partial charge in [-0.3, -0.25) is 4.79 Å². The Kier molecular flexibility index (Phi) is 51.1. The topological polar surface area (TPSA) is 307 Å². The highest BCUT2D eigenvalue weighted by molar-refractivity contribution is 5.76. The Morgan fingerprint density at radius 3 is 1.18 bits per heavy atom. The number of amides is 1. The number of carbonyl (C=O) groups excluding carboxylic acids is 1. The molecular formula is C76H131NO18. The monoisotopic (exact) mass is 1350 g/mol. The van der Waals surface area contributed by atoms with E-state index in [4.69, 9.17) is 28.4 Å². The minimum atomic E-state index is -1.99. The van der Waals surface area contributed by atoms with Crippen molar-refractivity contribution in [3.8, 4) is 0 Å². The Morgan fingerprint density at radius 1 is 0.389 bits per heavy atom. The third-order valence-corrected chi connectivity index (χ3v) is 17.8. The van der Waals surface area contributed by atoms with E-state index in [1.165, 1.54) is 109 Å². The van der Waals surface area contributed by atoms with Gasteiger partial charge < -0.3 is 89.9 Å². The molecule has 1 amide bonds. The third kappa shape index (κ3) is 37.6. The van der Waals surface area contributed by atoms with Crippen molar-refractivity contribution in [2.75, 3.05) is 26.4 Å². The molecule has 3 heterocycles. The van der Waals surface area contributed by atoms with Gasteiger partial charge in [-0.05, 0) is 89.9 Å². The van der Waals surface area contributed by atoms with Crippen LogP contribution < -0.4 is 5.32 Å². The quantitative estimate of drug-likeness (QED) is 0.0199. The first kappa shape index (κ1) is 85.9. The van der Waals surface area contributed by atoms with Crippen molar-refractivity contribution < 1.29 is 89.4 Å². The lowest BCUT2D eigenvalue weighted by atomic mass is 9.96. The number of hydrogen-bond donors (Lipinski definition) is 12. The van der Waals surface area contributed by atoms with E-state index in [2.05, 4.69) is 104 Å². The number of ether oxygens (including phenoxy) is 6. The summed E-state index contributed by atoms with van der Waals surface area (Å²) in [4.78, 5) is 13.4. The zero-order valence-corrected chi connectivity index (χ0v) is 58.1. The standard InChI is InChI=1S/C76H131NO18/c1-3-5-7-9-11-13-15-17-19-21-23-25-27-28-29-30-32-33-35-37-39-41-43-45-47-49-51-53-60(81)59(77-64(82)54-52-50-48-46-44-42-40-38-36-34-31-26-24-22-20-18-16-14-12-10-8-6-4-2)58-90-74-70(88)67(85)72(62(56-79)92-74)95-76-71(89)68(86)73(63(57-80)93-76)94-75-69(87)66(84)65(83)61(55-78)91-75/h6,8,12,14,18,20,24,26,34-37,43,45,51,53,59-63,65-76,78-81,83-89H,3-5,7,9-11,13,15-17,19,21-23,25,27-33,38-42,44,46-50,52,54-58H2,1-2H3,(H,77,82)/b8-6-,14-12-,20-18-,26-24-,36-34-,37-35+,45-43+,53-51+. The summed E-state index contributed by atoms with van der Waals surface area (Å²) in [6.07, 6.45) is 48.1. The summed E-state index contributed by atoms with van der Waals surface area (Å²) in [7, 11) is 0. The molecule has 0 spiro atoms. The lowest BCUT2D eigenvalue weighted by Crippen LogP contribution is -2.66. The molecule has 0 aromatic heterocycles. The zero-order valence-electron chi connectivity index (χ0n) is 58.1. The predicted octanol–water partition coefficient (Wildman–Crippen LogP) is 10.8. The number of aliphatic hydroxyl groups is 11. The molecule has 3 aliphatic rings. The SMILES string of the molecule is CC/C=C\C/C=C\C/C=C\C/C=C\C/C=C\CCCCCCCCCC(=O)NC(COC1OC(CO)C(OC2OC(CO)C(OC3OC(CO)C(O)C(O)C3O)C(O)C2O)C(O)C1O)C(O)/C=C/CC/C=C/CC/C=C/CCCCCCCCCCCCCCCCCCC. The van der Waals surface area contributed by atoms with Gasteiger partial charge >= 0.3 is 0 Å². The first-order chi connectivity index (χ1) is 46.3. The Labute approximate surface area is 571 Å². The van der Waals surface area contributed by atoms with E-state index in [9.17, 15) is 61.0 Å². The Balaban J connectivity index is 1.44. The smallest absolute Gasteiger partial charge is 0.220 e. The highest BCUT2D eigenvalue weighted by atomic mass is 16.8. The van der Waals surface area contributed by atoms with Crippen LogP contribution in [0.1, 0.15) is 245 Å². The minimum Gasteiger partial charge on any atom is -0.394 e. The number of unbranched alkanes of at least 4 members (excludes halogenated alkanes) is 26. The lowest BCUT2D eigenvalue weighted by molar-refractivity contribution is -0.379. The minimum absolute atomic E-state index is 0.213. The van der Waals surface area contributed by atoms with E-state index in [1.54, 1.807) is 6.08 Å². The van der Waals surface area contributed by atoms with Gasteiger partial charge in [-0.2, -0.15) is 0 Å². The van der Waals surface area contributed by atoms with Crippen LogP contribution in [0.3, 0.4) is 0 Å². The van der Waals surface area contributed by atoms with Crippen molar-refractivity contribution in [3.05, 3.63) is 97.2 Å². The molecule has 19 heteroatoms. The first-order valence-electron chi connectivity index (χ1n) is 37.0. The van der Waals surface area contributed by atoms with Gasteiger partial charge in [0.25, 0.3) is 0 Å². The van der Waals surface area contributed by atoms with Crippen LogP contribution in [0.25, 0.3) is 0 Å². The van der Waals surface area contributed by atoms with Gasteiger partial charge in [0.05, 0.1) is 38.6 Å². The highest BCUT2D eigenvalue weighted by Gasteiger charge is 2.53. The molecule has 0 radical (unpaired) electrons. The van der Waals surface area contributed by atoms with Crippen LogP contribution in [0.2, 0.25) is 0 Å². The molecule has 0 aromatic rings. The van der Waals surface area contributed by atoms with Gasteiger partial charge in [0, 0.05) is 6.42 Å². The van der Waals surface area contributed by atoms with Crippen molar-refractivity contribution in [2.24, 2.45) is 0 Å². The van der Waals surface area contributed by atoms with Crippen LogP contribution in [0, 0.1) is 0 Å². The summed E-state index contributed by atoms with van der Waals surface area (Å²) in [5.74, 6) is -0.303. The maximum Gasteiger partial charge on any atom is 0.220 e. The molecule has 3 aliphatic heterocycles. The fraction of sp³-hybridized carbons (Fsp3) is 0.776.